The molecule has 0 saturated heterocycles. The van der Waals surface area contributed by atoms with Crippen LogP contribution in [0.2, 0.25) is 0 Å². The largest absolute Gasteiger partial charge is 0.508 e. The predicted molar refractivity (Wildman–Crippen MR) is 76.3 cm³/mol. The van der Waals surface area contributed by atoms with Crippen LogP contribution in [-0.4, -0.2) is 23.1 Å². The fraction of sp³-hybridized carbons (Fsp3) is 0.308. The van der Waals surface area contributed by atoms with Crippen LogP contribution in [0.4, 0.5) is 5.69 Å². The Kier molecular flexibility index (Phi) is 3.47. The Labute approximate surface area is 118 Å². The molecule has 0 radical (unpaired) electrons. The first-order valence-corrected chi connectivity index (χ1v) is 7.52. The third-order valence-electron chi connectivity index (χ3n) is 3.15. The molecule has 1 aromatic heterocycles. The lowest BCUT2D eigenvalue weighted by Crippen LogP contribution is -2.14. The highest BCUT2D eigenvalue weighted by Gasteiger charge is 2.19. The highest BCUT2D eigenvalue weighted by atomic mass is 32.2. The Bertz CT molecular complexity index is 744. The second-order valence-electron chi connectivity index (χ2n) is 4.80. The monoisotopic (exact) mass is 295 g/mol. The molecule has 1 heterocycles. The predicted octanol–water partition coefficient (Wildman–Crippen LogP) is 1.85. The molecule has 0 atom stereocenters. The molecule has 0 bridgehead atoms. The minimum Gasteiger partial charge on any atom is -0.508 e. The van der Waals surface area contributed by atoms with Crippen molar-refractivity contribution in [2.75, 3.05) is 4.72 Å². The SMILES string of the molecule is Cc1cc(NS(=O)(=O)c2cn(C)c(C)n2)c(C)cc1O. The molecule has 0 aliphatic carbocycles. The number of nitrogens with zero attached hydrogens (tertiary/aromatic N) is 2. The molecule has 0 saturated carbocycles. The summed E-state index contributed by atoms with van der Waals surface area (Å²) in [6.07, 6.45) is 1.46. The van der Waals surface area contributed by atoms with Crippen molar-refractivity contribution in [1.82, 2.24) is 9.55 Å². The minimum atomic E-state index is -3.73. The lowest BCUT2D eigenvalue weighted by atomic mass is 10.1. The van der Waals surface area contributed by atoms with Gasteiger partial charge in [0.05, 0.1) is 5.69 Å². The Morgan fingerprint density at radius 3 is 2.40 bits per heavy atom. The van der Waals surface area contributed by atoms with E-state index in [1.807, 2.05) is 0 Å². The van der Waals surface area contributed by atoms with E-state index in [1.54, 1.807) is 38.5 Å². The van der Waals surface area contributed by atoms with Crippen molar-refractivity contribution in [2.45, 2.75) is 25.8 Å². The van der Waals surface area contributed by atoms with Crippen LogP contribution in [0.15, 0.2) is 23.4 Å². The molecule has 0 aliphatic heterocycles. The molecule has 6 nitrogen and oxygen atoms in total. The summed E-state index contributed by atoms with van der Waals surface area (Å²) in [6, 6.07) is 3.12. The summed E-state index contributed by atoms with van der Waals surface area (Å²) in [4.78, 5) is 4.01. The van der Waals surface area contributed by atoms with Crippen molar-refractivity contribution in [2.24, 2.45) is 7.05 Å². The van der Waals surface area contributed by atoms with Crippen LogP contribution in [0.3, 0.4) is 0 Å². The molecule has 2 aromatic rings. The summed E-state index contributed by atoms with van der Waals surface area (Å²) >= 11 is 0. The van der Waals surface area contributed by atoms with E-state index in [1.165, 1.54) is 12.3 Å². The van der Waals surface area contributed by atoms with E-state index >= 15 is 0 Å². The standard InChI is InChI=1S/C13H17N3O3S/c1-8-6-12(17)9(2)5-11(8)15-20(18,19)13-7-16(4)10(3)14-13/h5-7,15,17H,1-4H3. The van der Waals surface area contributed by atoms with Gasteiger partial charge in [-0.2, -0.15) is 8.42 Å². The maximum absolute atomic E-state index is 12.3. The van der Waals surface area contributed by atoms with Gasteiger partial charge in [-0.05, 0) is 44.0 Å². The van der Waals surface area contributed by atoms with Crippen LogP contribution < -0.4 is 4.72 Å². The van der Waals surface area contributed by atoms with Crippen molar-refractivity contribution < 1.29 is 13.5 Å². The highest BCUT2D eigenvalue weighted by molar-refractivity contribution is 7.92. The lowest BCUT2D eigenvalue weighted by Gasteiger charge is -2.11. The summed E-state index contributed by atoms with van der Waals surface area (Å²) in [7, 11) is -2.00. The molecule has 20 heavy (non-hydrogen) atoms. The molecule has 0 amide bonds. The molecular weight excluding hydrogens is 278 g/mol. The molecule has 0 fully saturated rings. The Morgan fingerprint density at radius 2 is 1.85 bits per heavy atom. The van der Waals surface area contributed by atoms with Gasteiger partial charge in [-0.1, -0.05) is 0 Å². The fourth-order valence-corrected chi connectivity index (χ4v) is 2.93. The topological polar surface area (TPSA) is 84.2 Å². The summed E-state index contributed by atoms with van der Waals surface area (Å²) < 4.78 is 28.7. The summed E-state index contributed by atoms with van der Waals surface area (Å²) in [5, 5.41) is 9.56. The zero-order valence-electron chi connectivity index (χ0n) is 11.8. The minimum absolute atomic E-state index is 0.0253. The Hall–Kier alpha value is -2.02. The number of nitrogens with one attached hydrogen (secondary N) is 1. The van der Waals surface area contributed by atoms with E-state index in [-0.39, 0.29) is 10.8 Å². The number of phenolic OH excluding ortho intramolecular Hbond substituents is 1. The number of imidazole rings is 1. The van der Waals surface area contributed by atoms with E-state index in [0.717, 1.165) is 0 Å². The van der Waals surface area contributed by atoms with Crippen molar-refractivity contribution >= 4 is 15.7 Å². The van der Waals surface area contributed by atoms with Crippen molar-refractivity contribution in [3.8, 4) is 5.75 Å². The van der Waals surface area contributed by atoms with Gasteiger partial charge in [0, 0.05) is 13.2 Å². The lowest BCUT2D eigenvalue weighted by molar-refractivity contribution is 0.471. The van der Waals surface area contributed by atoms with Crippen LogP contribution in [0.1, 0.15) is 17.0 Å². The fourth-order valence-electron chi connectivity index (χ4n) is 1.76. The summed E-state index contributed by atoms with van der Waals surface area (Å²) in [5.74, 6) is 0.753. The number of phenols is 1. The van der Waals surface area contributed by atoms with Crippen molar-refractivity contribution in [1.29, 1.82) is 0 Å². The number of benzene rings is 1. The number of rotatable bonds is 3. The first-order valence-electron chi connectivity index (χ1n) is 6.03. The van der Waals surface area contributed by atoms with Crippen LogP contribution in [0.5, 0.6) is 5.75 Å². The van der Waals surface area contributed by atoms with Crippen LogP contribution >= 0.6 is 0 Å². The van der Waals surface area contributed by atoms with E-state index in [4.69, 9.17) is 0 Å². The van der Waals surface area contributed by atoms with Gasteiger partial charge in [-0.25, -0.2) is 4.98 Å². The van der Waals surface area contributed by atoms with Crippen LogP contribution in [0, 0.1) is 20.8 Å². The van der Waals surface area contributed by atoms with Crippen molar-refractivity contribution in [3.63, 3.8) is 0 Å². The normalized spacial score (nSPS) is 11.6. The third kappa shape index (κ3) is 2.62. The van der Waals surface area contributed by atoms with Gasteiger partial charge in [-0.15, -0.1) is 0 Å². The average Bonchev–Trinajstić information content (AvgIpc) is 2.67. The van der Waals surface area contributed by atoms with Crippen molar-refractivity contribution in [3.05, 3.63) is 35.3 Å². The summed E-state index contributed by atoms with van der Waals surface area (Å²) in [6.45, 7) is 5.16. The molecule has 0 spiro atoms. The first-order chi connectivity index (χ1) is 9.20. The number of aryl methyl sites for hydroxylation is 4. The number of aromatic nitrogens is 2. The molecule has 1 aromatic carbocycles. The molecule has 2 N–H and O–H groups in total. The number of anilines is 1. The zero-order valence-corrected chi connectivity index (χ0v) is 12.6. The smallest absolute Gasteiger partial charge is 0.280 e. The van der Waals surface area contributed by atoms with Gasteiger partial charge in [0.2, 0.25) is 0 Å². The maximum atomic E-state index is 12.3. The van der Waals surface area contributed by atoms with Crippen LogP contribution in [0.25, 0.3) is 0 Å². The van der Waals surface area contributed by atoms with Gasteiger partial charge in [0.25, 0.3) is 10.0 Å². The quantitative estimate of drug-likeness (QED) is 0.846. The van der Waals surface area contributed by atoms with Gasteiger partial charge in [0.15, 0.2) is 5.03 Å². The second-order valence-corrected chi connectivity index (χ2v) is 6.43. The second kappa shape index (κ2) is 4.82. The molecule has 0 aliphatic rings. The molecular formula is C13H17N3O3S. The highest BCUT2D eigenvalue weighted by Crippen LogP contribution is 2.26. The summed E-state index contributed by atoms with van der Waals surface area (Å²) in [5.41, 5.74) is 1.68. The molecule has 7 heteroatoms. The number of hydrogen-bond acceptors (Lipinski definition) is 4. The van der Waals surface area contributed by atoms with Crippen LogP contribution in [-0.2, 0) is 17.1 Å². The average molecular weight is 295 g/mol. The first kappa shape index (κ1) is 14.4. The number of aromatic hydroxyl groups is 1. The van der Waals surface area contributed by atoms with E-state index < -0.39 is 10.0 Å². The zero-order chi connectivity index (χ0) is 15.1. The van der Waals surface area contributed by atoms with Gasteiger partial charge < -0.3 is 9.67 Å². The van der Waals surface area contributed by atoms with Gasteiger partial charge in [0.1, 0.15) is 11.6 Å². The number of sulfonamides is 1. The number of hydrogen-bond donors (Lipinski definition) is 2. The van der Waals surface area contributed by atoms with E-state index in [9.17, 15) is 13.5 Å². The van der Waals surface area contributed by atoms with Gasteiger partial charge in [-0.3, -0.25) is 4.72 Å². The third-order valence-corrected chi connectivity index (χ3v) is 4.39. The van der Waals surface area contributed by atoms with E-state index in [0.29, 0.717) is 22.6 Å². The van der Waals surface area contributed by atoms with E-state index in [2.05, 4.69) is 9.71 Å². The molecule has 108 valence electrons. The Morgan fingerprint density at radius 1 is 1.20 bits per heavy atom. The maximum Gasteiger partial charge on any atom is 0.280 e. The Balaban J connectivity index is 2.40. The molecule has 2 rings (SSSR count). The molecule has 0 unspecified atom stereocenters. The van der Waals surface area contributed by atoms with Gasteiger partial charge >= 0.3 is 0 Å².